The van der Waals surface area contributed by atoms with Crippen LogP contribution < -0.4 is 0 Å². The summed E-state index contributed by atoms with van der Waals surface area (Å²) in [7, 11) is 0. The Kier molecular flexibility index (Phi) is 7.79. The average molecular weight is 887 g/mol. The van der Waals surface area contributed by atoms with Gasteiger partial charge in [-0.15, -0.1) is 22.7 Å². The number of thiophene rings is 2. The Bertz CT molecular complexity index is 4590. The molecule has 0 fully saturated rings. The molecule has 11 aromatic carbocycles. The molecule has 0 saturated carbocycles. The molecule has 0 aliphatic heterocycles. The van der Waals surface area contributed by atoms with Crippen LogP contribution in [0.2, 0.25) is 0 Å². The third-order valence-electron chi connectivity index (χ3n) is 13.8. The standard InChI is InChI=1S/C61H34N4S2/c1-2-17-39-34-51-49(33-38(39)16-1)44-29-27-37-15-5-8-21-42(37)56(44)65(51)50-31-30-47-54-41-20-7-4-14-36(41)28-32-53(54)67-58(47)55(50)61-63-59(46-24-11-18-35-13-3-6-19-40(35)46)62-60(64-61)48-25-12-23-45-43-22-9-10-26-52(43)66-57(45)48/h1-34H. The van der Waals surface area contributed by atoms with Crippen molar-refractivity contribution in [3.8, 4) is 39.9 Å². The third kappa shape index (κ3) is 5.42. The highest BCUT2D eigenvalue weighted by molar-refractivity contribution is 7.27. The van der Waals surface area contributed by atoms with E-state index in [4.69, 9.17) is 15.0 Å². The smallest absolute Gasteiger partial charge is 0.167 e. The highest BCUT2D eigenvalue weighted by Gasteiger charge is 2.26. The van der Waals surface area contributed by atoms with Crippen LogP contribution in [0.1, 0.15) is 0 Å². The van der Waals surface area contributed by atoms with E-state index in [1.807, 2.05) is 11.3 Å². The van der Waals surface area contributed by atoms with E-state index >= 15 is 0 Å². The summed E-state index contributed by atoms with van der Waals surface area (Å²) < 4.78 is 7.27. The summed E-state index contributed by atoms with van der Waals surface area (Å²) in [6.45, 7) is 0. The predicted octanol–water partition coefficient (Wildman–Crippen LogP) is 17.3. The fourth-order valence-corrected chi connectivity index (χ4v) is 13.3. The van der Waals surface area contributed by atoms with Crippen LogP contribution in [0.3, 0.4) is 0 Å². The molecule has 67 heavy (non-hydrogen) atoms. The van der Waals surface area contributed by atoms with Gasteiger partial charge in [-0.2, -0.15) is 0 Å². The van der Waals surface area contributed by atoms with E-state index in [1.165, 1.54) is 74.0 Å². The minimum Gasteiger partial charge on any atom is -0.308 e. The Balaban J connectivity index is 1.14. The van der Waals surface area contributed by atoms with Gasteiger partial charge in [-0.25, -0.2) is 15.0 Å². The fraction of sp³-hybridized carbons (Fsp3) is 0. The molecule has 0 N–H and O–H groups in total. The van der Waals surface area contributed by atoms with Crippen molar-refractivity contribution >= 4 is 128 Å². The van der Waals surface area contributed by atoms with Crippen LogP contribution in [0.25, 0.3) is 145 Å². The molecule has 0 unspecified atom stereocenters. The van der Waals surface area contributed by atoms with Crippen molar-refractivity contribution in [3.63, 3.8) is 0 Å². The van der Waals surface area contributed by atoms with E-state index in [0.717, 1.165) is 53.6 Å². The van der Waals surface area contributed by atoms with Crippen molar-refractivity contribution in [1.29, 1.82) is 0 Å². The number of hydrogen-bond donors (Lipinski definition) is 0. The first kappa shape index (κ1) is 37.0. The zero-order valence-electron chi connectivity index (χ0n) is 35.7. The zero-order valence-corrected chi connectivity index (χ0v) is 37.4. The molecule has 0 saturated heterocycles. The Labute approximate surface area is 391 Å². The van der Waals surface area contributed by atoms with Crippen LogP contribution in [0.15, 0.2) is 206 Å². The van der Waals surface area contributed by atoms with E-state index in [-0.39, 0.29) is 0 Å². The number of benzene rings is 11. The number of fused-ring (bicyclic) bond motifs is 15. The van der Waals surface area contributed by atoms with E-state index in [1.54, 1.807) is 11.3 Å². The van der Waals surface area contributed by atoms with Gasteiger partial charge in [-0.1, -0.05) is 170 Å². The Morgan fingerprint density at radius 2 is 0.896 bits per heavy atom. The van der Waals surface area contributed by atoms with Crippen LogP contribution in [0, 0.1) is 0 Å². The van der Waals surface area contributed by atoms with Crippen molar-refractivity contribution in [2.75, 3.05) is 0 Å². The number of hydrogen-bond acceptors (Lipinski definition) is 5. The fourth-order valence-electron chi connectivity index (χ4n) is 10.8. The Morgan fingerprint density at radius 1 is 0.328 bits per heavy atom. The second kappa shape index (κ2) is 14.1. The van der Waals surface area contributed by atoms with Gasteiger partial charge in [0.25, 0.3) is 0 Å². The molecule has 4 aromatic heterocycles. The lowest BCUT2D eigenvalue weighted by Gasteiger charge is -2.17. The van der Waals surface area contributed by atoms with Gasteiger partial charge in [0.2, 0.25) is 0 Å². The third-order valence-corrected chi connectivity index (χ3v) is 16.2. The SMILES string of the molecule is c1ccc2cc3c(cc2c1)c1ccc2ccccc2c1n3-c1ccc2c(sc3ccc4ccccc4c32)c1-c1nc(-c2cccc3ccccc23)nc(-c2cccc3c2sc2ccccc23)n1. The molecular weight excluding hydrogens is 853 g/mol. The summed E-state index contributed by atoms with van der Waals surface area (Å²) in [4.78, 5) is 16.9. The van der Waals surface area contributed by atoms with Crippen molar-refractivity contribution < 1.29 is 0 Å². The maximum atomic E-state index is 5.70. The molecular formula is C61H34N4S2. The number of rotatable bonds is 4. The van der Waals surface area contributed by atoms with Gasteiger partial charge in [0.15, 0.2) is 17.5 Å². The van der Waals surface area contributed by atoms with E-state index in [9.17, 15) is 0 Å². The molecule has 6 heteroatoms. The quantitative estimate of drug-likeness (QED) is 0.177. The first-order chi connectivity index (χ1) is 33.2. The summed E-state index contributed by atoms with van der Waals surface area (Å²) in [6, 6.07) is 74.9. The van der Waals surface area contributed by atoms with Gasteiger partial charge in [0, 0.05) is 67.6 Å². The van der Waals surface area contributed by atoms with Crippen LogP contribution in [-0.2, 0) is 0 Å². The van der Waals surface area contributed by atoms with E-state index in [0.29, 0.717) is 17.5 Å². The monoisotopic (exact) mass is 886 g/mol. The molecule has 0 bridgehead atoms. The molecule has 0 atom stereocenters. The first-order valence-electron chi connectivity index (χ1n) is 22.6. The Morgan fingerprint density at radius 3 is 1.73 bits per heavy atom. The normalized spacial score (nSPS) is 12.2. The van der Waals surface area contributed by atoms with E-state index in [2.05, 4.69) is 211 Å². The topological polar surface area (TPSA) is 43.6 Å². The number of nitrogens with zero attached hydrogens (tertiary/aromatic N) is 4. The maximum absolute atomic E-state index is 5.70. The minimum atomic E-state index is 0.638. The van der Waals surface area contributed by atoms with Crippen molar-refractivity contribution in [2.24, 2.45) is 0 Å². The largest absolute Gasteiger partial charge is 0.308 e. The number of aromatic nitrogens is 4. The van der Waals surface area contributed by atoms with Crippen LogP contribution in [-0.4, -0.2) is 19.5 Å². The van der Waals surface area contributed by atoms with Crippen molar-refractivity contribution in [2.45, 2.75) is 0 Å². The summed E-state index contributed by atoms with van der Waals surface area (Å²) in [5.41, 5.74) is 6.27. The van der Waals surface area contributed by atoms with Crippen LogP contribution in [0.5, 0.6) is 0 Å². The van der Waals surface area contributed by atoms with E-state index < -0.39 is 0 Å². The molecule has 0 aliphatic carbocycles. The van der Waals surface area contributed by atoms with Crippen LogP contribution in [0.4, 0.5) is 0 Å². The summed E-state index contributed by atoms with van der Waals surface area (Å²) in [5.74, 6) is 1.93. The van der Waals surface area contributed by atoms with Gasteiger partial charge >= 0.3 is 0 Å². The zero-order chi connectivity index (χ0) is 43.7. The lowest BCUT2D eigenvalue weighted by Crippen LogP contribution is -2.04. The van der Waals surface area contributed by atoms with Gasteiger partial charge in [-0.05, 0) is 74.1 Å². The maximum Gasteiger partial charge on any atom is 0.167 e. The molecule has 15 rings (SSSR count). The molecule has 0 spiro atoms. The highest BCUT2D eigenvalue weighted by atomic mass is 32.1. The average Bonchev–Trinajstić information content (AvgIpc) is 4.07. The Hall–Kier alpha value is -8.29. The summed E-state index contributed by atoms with van der Waals surface area (Å²) in [6.07, 6.45) is 0. The first-order valence-corrected chi connectivity index (χ1v) is 24.2. The molecule has 310 valence electrons. The predicted molar refractivity (Wildman–Crippen MR) is 286 cm³/mol. The van der Waals surface area contributed by atoms with Crippen LogP contribution >= 0.6 is 22.7 Å². The lowest BCUT2D eigenvalue weighted by molar-refractivity contribution is 1.07. The molecule has 4 heterocycles. The second-order valence-electron chi connectivity index (χ2n) is 17.4. The molecule has 15 aromatic rings. The van der Waals surface area contributed by atoms with Crippen molar-refractivity contribution in [3.05, 3.63) is 206 Å². The molecule has 4 nitrogen and oxygen atoms in total. The van der Waals surface area contributed by atoms with Gasteiger partial charge in [-0.3, -0.25) is 0 Å². The second-order valence-corrected chi connectivity index (χ2v) is 19.6. The minimum absolute atomic E-state index is 0.638. The lowest BCUT2D eigenvalue weighted by atomic mass is 10.0. The summed E-state index contributed by atoms with van der Waals surface area (Å²) in [5, 5.41) is 16.8. The van der Waals surface area contributed by atoms with Gasteiger partial charge in [0.1, 0.15) is 0 Å². The summed E-state index contributed by atoms with van der Waals surface area (Å²) >= 11 is 3.63. The molecule has 0 amide bonds. The van der Waals surface area contributed by atoms with Gasteiger partial charge < -0.3 is 4.57 Å². The van der Waals surface area contributed by atoms with Gasteiger partial charge in [0.05, 0.1) is 22.3 Å². The van der Waals surface area contributed by atoms with Crippen molar-refractivity contribution in [1.82, 2.24) is 19.5 Å². The molecule has 0 aliphatic rings. The molecule has 0 radical (unpaired) electrons. The highest BCUT2D eigenvalue weighted by Crippen LogP contribution is 2.48.